The Morgan fingerprint density at radius 1 is 1.03 bits per heavy atom. The van der Waals surface area contributed by atoms with Crippen molar-refractivity contribution in [2.24, 2.45) is 0 Å². The van der Waals surface area contributed by atoms with Gasteiger partial charge in [0.1, 0.15) is 10.7 Å². The average molecular weight is 416 g/mol. The molecule has 0 spiro atoms. The third kappa shape index (κ3) is 3.71. The predicted molar refractivity (Wildman–Crippen MR) is 123 cm³/mol. The molecule has 0 unspecified atom stereocenters. The van der Waals surface area contributed by atoms with E-state index in [9.17, 15) is 4.79 Å². The standard InChI is InChI=1S/C25H25N3OS/c1-16-11-13-18(14-12-16)23(17-7-3-2-4-8-17)26-15-21-27-24(29)22-19-9-5-6-10-20(19)30-25(22)28-21/h2-4,7-8,11-14,23,26H,5-6,9-10,15H2,1H3,(H,27,28,29)/t23-/m0/s1. The molecule has 1 aliphatic carbocycles. The van der Waals surface area contributed by atoms with Gasteiger partial charge in [-0.3, -0.25) is 10.1 Å². The van der Waals surface area contributed by atoms with Gasteiger partial charge < -0.3 is 4.98 Å². The number of fused-ring (bicyclic) bond motifs is 3. The maximum absolute atomic E-state index is 12.8. The summed E-state index contributed by atoms with van der Waals surface area (Å²) >= 11 is 1.70. The molecule has 0 radical (unpaired) electrons. The number of H-pyrrole nitrogens is 1. The number of hydrogen-bond donors (Lipinski definition) is 2. The molecule has 2 aromatic heterocycles. The van der Waals surface area contributed by atoms with Crippen molar-refractivity contribution in [3.63, 3.8) is 0 Å². The minimum Gasteiger partial charge on any atom is -0.309 e. The minimum absolute atomic E-state index is 0.00259. The molecule has 4 aromatic rings. The summed E-state index contributed by atoms with van der Waals surface area (Å²) in [5, 5.41) is 4.43. The van der Waals surface area contributed by atoms with Crippen molar-refractivity contribution in [2.45, 2.75) is 45.2 Å². The molecule has 0 aliphatic heterocycles. The van der Waals surface area contributed by atoms with Crippen LogP contribution in [0.2, 0.25) is 0 Å². The van der Waals surface area contributed by atoms with Gasteiger partial charge in [-0.1, -0.05) is 60.2 Å². The van der Waals surface area contributed by atoms with Gasteiger partial charge in [0.25, 0.3) is 5.56 Å². The molecule has 2 aromatic carbocycles. The molecule has 5 rings (SSSR count). The van der Waals surface area contributed by atoms with Crippen LogP contribution in [0.5, 0.6) is 0 Å². The summed E-state index contributed by atoms with van der Waals surface area (Å²) in [7, 11) is 0. The zero-order chi connectivity index (χ0) is 20.5. The number of aromatic nitrogens is 2. The van der Waals surface area contributed by atoms with Gasteiger partial charge in [0.15, 0.2) is 0 Å². The maximum Gasteiger partial charge on any atom is 0.259 e. The van der Waals surface area contributed by atoms with Crippen LogP contribution in [0.15, 0.2) is 59.4 Å². The molecule has 0 fully saturated rings. The number of rotatable bonds is 5. The molecule has 0 bridgehead atoms. The van der Waals surface area contributed by atoms with Gasteiger partial charge >= 0.3 is 0 Å². The first kappa shape index (κ1) is 19.2. The number of benzene rings is 2. The van der Waals surface area contributed by atoms with E-state index < -0.39 is 0 Å². The van der Waals surface area contributed by atoms with Crippen LogP contribution in [0, 0.1) is 6.92 Å². The van der Waals surface area contributed by atoms with Crippen LogP contribution in [0.4, 0.5) is 0 Å². The van der Waals surface area contributed by atoms with Crippen molar-refractivity contribution in [1.82, 2.24) is 15.3 Å². The molecule has 0 amide bonds. The van der Waals surface area contributed by atoms with E-state index in [0.29, 0.717) is 12.4 Å². The first-order valence-electron chi connectivity index (χ1n) is 10.6. The lowest BCUT2D eigenvalue weighted by Gasteiger charge is -2.20. The molecule has 0 saturated carbocycles. The molecule has 2 heterocycles. The Balaban J connectivity index is 1.46. The Kier molecular flexibility index (Phi) is 5.23. The molecule has 2 N–H and O–H groups in total. The first-order chi connectivity index (χ1) is 14.7. The van der Waals surface area contributed by atoms with E-state index in [1.54, 1.807) is 11.3 Å². The second kappa shape index (κ2) is 8.17. The lowest BCUT2D eigenvalue weighted by Crippen LogP contribution is -2.25. The van der Waals surface area contributed by atoms with Crippen molar-refractivity contribution in [3.05, 3.63) is 97.9 Å². The largest absolute Gasteiger partial charge is 0.309 e. The maximum atomic E-state index is 12.8. The SMILES string of the molecule is Cc1ccc([C@@H](NCc2nc3sc4c(c3c(=O)[nH]2)CCCC4)c2ccccc2)cc1. The second-order valence-electron chi connectivity index (χ2n) is 8.04. The number of aryl methyl sites for hydroxylation is 3. The highest BCUT2D eigenvalue weighted by Gasteiger charge is 2.20. The number of thiophene rings is 1. The predicted octanol–water partition coefficient (Wildman–Crippen LogP) is 5.05. The van der Waals surface area contributed by atoms with Crippen LogP contribution in [-0.4, -0.2) is 9.97 Å². The summed E-state index contributed by atoms with van der Waals surface area (Å²) in [5.41, 5.74) is 4.86. The Hall–Kier alpha value is -2.76. The van der Waals surface area contributed by atoms with E-state index in [1.165, 1.54) is 33.6 Å². The topological polar surface area (TPSA) is 57.8 Å². The van der Waals surface area contributed by atoms with Gasteiger partial charge in [0.2, 0.25) is 0 Å². The molecular formula is C25H25N3OS. The van der Waals surface area contributed by atoms with Crippen LogP contribution in [0.1, 0.15) is 51.8 Å². The van der Waals surface area contributed by atoms with Crippen LogP contribution >= 0.6 is 11.3 Å². The van der Waals surface area contributed by atoms with Gasteiger partial charge in [0, 0.05) is 4.88 Å². The zero-order valence-corrected chi connectivity index (χ0v) is 17.9. The number of nitrogens with zero attached hydrogens (tertiary/aromatic N) is 1. The lowest BCUT2D eigenvalue weighted by atomic mass is 9.97. The quantitative estimate of drug-likeness (QED) is 0.479. The third-order valence-corrected chi connectivity index (χ3v) is 7.08. The Bertz CT molecular complexity index is 1230. The Labute approximate surface area is 180 Å². The molecule has 152 valence electrons. The smallest absolute Gasteiger partial charge is 0.259 e. The highest BCUT2D eigenvalue weighted by Crippen LogP contribution is 2.33. The molecule has 30 heavy (non-hydrogen) atoms. The highest BCUT2D eigenvalue weighted by atomic mass is 32.1. The van der Waals surface area contributed by atoms with E-state index in [0.717, 1.165) is 29.5 Å². The van der Waals surface area contributed by atoms with Crippen LogP contribution in [-0.2, 0) is 19.4 Å². The molecule has 1 atom stereocenters. The summed E-state index contributed by atoms with van der Waals surface area (Å²) in [6, 6.07) is 19.0. The summed E-state index contributed by atoms with van der Waals surface area (Å²) in [6.07, 6.45) is 4.45. The van der Waals surface area contributed by atoms with Gasteiger partial charge in [-0.2, -0.15) is 0 Å². The van der Waals surface area contributed by atoms with E-state index in [2.05, 4.69) is 65.8 Å². The zero-order valence-electron chi connectivity index (χ0n) is 17.1. The van der Waals surface area contributed by atoms with Crippen LogP contribution < -0.4 is 10.9 Å². The summed E-state index contributed by atoms with van der Waals surface area (Å²) < 4.78 is 0. The summed E-state index contributed by atoms with van der Waals surface area (Å²) in [5.74, 6) is 0.694. The minimum atomic E-state index is 0.00259. The second-order valence-corrected chi connectivity index (χ2v) is 9.12. The number of hydrogen-bond acceptors (Lipinski definition) is 4. The normalized spacial score (nSPS) is 14.6. The monoisotopic (exact) mass is 415 g/mol. The Morgan fingerprint density at radius 3 is 2.57 bits per heavy atom. The van der Waals surface area contributed by atoms with Gasteiger partial charge in [0.05, 0.1) is 18.0 Å². The summed E-state index contributed by atoms with van der Waals surface area (Å²) in [6.45, 7) is 2.60. The van der Waals surface area contributed by atoms with E-state index in [-0.39, 0.29) is 11.6 Å². The Morgan fingerprint density at radius 2 is 1.77 bits per heavy atom. The van der Waals surface area contributed by atoms with Crippen molar-refractivity contribution in [1.29, 1.82) is 0 Å². The highest BCUT2D eigenvalue weighted by molar-refractivity contribution is 7.18. The molecule has 0 saturated heterocycles. The molecule has 4 nitrogen and oxygen atoms in total. The number of aromatic amines is 1. The average Bonchev–Trinajstić information content (AvgIpc) is 3.15. The number of nitrogens with one attached hydrogen (secondary N) is 2. The molecule has 1 aliphatic rings. The first-order valence-corrected chi connectivity index (χ1v) is 11.4. The van der Waals surface area contributed by atoms with Crippen molar-refractivity contribution >= 4 is 21.6 Å². The van der Waals surface area contributed by atoms with Crippen LogP contribution in [0.25, 0.3) is 10.2 Å². The fourth-order valence-corrected chi connectivity index (χ4v) is 5.60. The van der Waals surface area contributed by atoms with Gasteiger partial charge in [-0.05, 0) is 49.3 Å². The fourth-order valence-electron chi connectivity index (χ4n) is 4.32. The van der Waals surface area contributed by atoms with Crippen molar-refractivity contribution in [3.8, 4) is 0 Å². The van der Waals surface area contributed by atoms with E-state index in [1.807, 2.05) is 6.07 Å². The van der Waals surface area contributed by atoms with Gasteiger partial charge in [-0.25, -0.2) is 4.98 Å². The lowest BCUT2D eigenvalue weighted by molar-refractivity contribution is 0.587. The van der Waals surface area contributed by atoms with Crippen molar-refractivity contribution in [2.75, 3.05) is 0 Å². The van der Waals surface area contributed by atoms with E-state index in [4.69, 9.17) is 4.98 Å². The van der Waals surface area contributed by atoms with E-state index >= 15 is 0 Å². The molecular weight excluding hydrogens is 390 g/mol. The fraction of sp³-hybridized carbons (Fsp3) is 0.280. The van der Waals surface area contributed by atoms with Crippen LogP contribution in [0.3, 0.4) is 0 Å². The molecule has 5 heteroatoms. The van der Waals surface area contributed by atoms with Gasteiger partial charge in [-0.15, -0.1) is 11.3 Å². The third-order valence-electron chi connectivity index (χ3n) is 5.89. The summed E-state index contributed by atoms with van der Waals surface area (Å²) in [4.78, 5) is 22.9. The van der Waals surface area contributed by atoms with Crippen molar-refractivity contribution < 1.29 is 0 Å².